The van der Waals surface area contributed by atoms with E-state index in [4.69, 9.17) is 4.74 Å². The van der Waals surface area contributed by atoms with Crippen LogP contribution in [0.2, 0.25) is 0 Å². The van der Waals surface area contributed by atoms with E-state index in [1.165, 1.54) is 29.6 Å². The third-order valence-corrected chi connectivity index (χ3v) is 4.00. The van der Waals surface area contributed by atoms with E-state index in [0.717, 1.165) is 5.32 Å². The van der Waals surface area contributed by atoms with E-state index >= 15 is 0 Å². The van der Waals surface area contributed by atoms with E-state index in [2.05, 4.69) is 0 Å². The van der Waals surface area contributed by atoms with Crippen LogP contribution >= 0.6 is 0 Å². The molecule has 1 saturated heterocycles. The Morgan fingerprint density at radius 3 is 2.19 bits per heavy atom. The van der Waals surface area contributed by atoms with E-state index in [1.54, 1.807) is 6.07 Å². The van der Waals surface area contributed by atoms with Crippen molar-refractivity contribution in [1.82, 2.24) is 10.6 Å². The highest BCUT2D eigenvalue weighted by molar-refractivity contribution is 5.79. The molecule has 1 aromatic carbocycles. The number of amides is 1. The molecule has 0 unspecified atom stereocenters. The number of ether oxygens (including phenoxy) is 1. The molecule has 0 aromatic heterocycles. The normalized spacial score (nSPS) is 18.8. The molecule has 2 rings (SSSR count). The maximum Gasteiger partial charge on any atom is 0.434 e. The Balaban J connectivity index is 2.21. The molecule has 0 bridgehead atoms. The van der Waals surface area contributed by atoms with Crippen LogP contribution in [0.25, 0.3) is 0 Å². The fraction of sp³-hybridized carbons (Fsp3) is 0.562. The minimum atomic E-state index is -5.80. The molecule has 1 fully saturated rings. The Kier molecular flexibility index (Phi) is 6.17. The largest absolute Gasteiger partial charge is 0.434 e. The van der Waals surface area contributed by atoms with E-state index in [1.807, 2.05) is 0 Å². The number of hydrogen-bond donors (Lipinski definition) is 2. The highest BCUT2D eigenvalue weighted by atomic mass is 19.4. The number of carbonyl (C=O) groups excluding carboxylic acids is 1. The highest BCUT2D eigenvalue weighted by Crippen LogP contribution is 2.41. The van der Waals surface area contributed by atoms with Crippen LogP contribution in [0.15, 0.2) is 30.3 Å². The van der Waals surface area contributed by atoms with E-state index in [0.29, 0.717) is 18.4 Å². The molecule has 2 N–H and O–H groups in total. The topological polar surface area (TPSA) is 50.4 Å². The molecule has 0 radical (unpaired) electrons. The molecule has 1 amide bonds. The summed E-state index contributed by atoms with van der Waals surface area (Å²) in [7, 11) is 0. The summed E-state index contributed by atoms with van der Waals surface area (Å²) in [6.45, 7) is -0.414. The molecule has 146 valence electrons. The van der Waals surface area contributed by atoms with Crippen molar-refractivity contribution < 1.29 is 35.9 Å². The van der Waals surface area contributed by atoms with Crippen LogP contribution in [-0.4, -0.2) is 43.2 Å². The van der Waals surface area contributed by atoms with Gasteiger partial charge in [0.15, 0.2) is 0 Å². The average molecular weight is 384 g/mol. The minimum absolute atomic E-state index is 0.276. The first kappa shape index (κ1) is 20.5. The molecule has 1 aliphatic rings. The average Bonchev–Trinajstić information content (AvgIpc) is 3.03. The van der Waals surface area contributed by atoms with Gasteiger partial charge >= 0.3 is 12.4 Å². The molecule has 1 atom stereocenters. The molecule has 0 aliphatic carbocycles. The predicted octanol–water partition coefficient (Wildman–Crippen LogP) is 2.93. The first-order chi connectivity index (χ1) is 12.1. The summed E-state index contributed by atoms with van der Waals surface area (Å²) in [5, 5.41) is 2.59. The number of alkyl halides is 6. The van der Waals surface area contributed by atoms with E-state index in [9.17, 15) is 31.1 Å². The summed E-state index contributed by atoms with van der Waals surface area (Å²) in [5.41, 5.74) is -4.25. The standard InChI is InChI=1S/C16H18F6N2O2/c17-15(18,19)14(16(20,21)22,23-10-12-7-4-8-26-12)24-13(25)9-11-5-2-1-3-6-11/h1-3,5-6,12,23H,4,7-10H2,(H,24,25)/t12-/m1/s1. The lowest BCUT2D eigenvalue weighted by molar-refractivity contribution is -0.316. The number of nitrogens with one attached hydrogen (secondary N) is 2. The minimum Gasteiger partial charge on any atom is -0.377 e. The SMILES string of the molecule is O=C(Cc1ccccc1)NC(NC[C@H]1CCCO1)(C(F)(F)F)C(F)(F)F. The van der Waals surface area contributed by atoms with Crippen molar-refractivity contribution in [2.24, 2.45) is 0 Å². The van der Waals surface area contributed by atoms with Crippen molar-refractivity contribution in [3.05, 3.63) is 35.9 Å². The molecule has 4 nitrogen and oxygen atoms in total. The van der Waals surface area contributed by atoms with Gasteiger partial charge in [-0.2, -0.15) is 26.3 Å². The van der Waals surface area contributed by atoms with Gasteiger partial charge in [-0.05, 0) is 18.4 Å². The predicted molar refractivity (Wildman–Crippen MR) is 80.1 cm³/mol. The Morgan fingerprint density at radius 1 is 1.08 bits per heavy atom. The van der Waals surface area contributed by atoms with Crippen LogP contribution < -0.4 is 10.6 Å². The molecular weight excluding hydrogens is 366 g/mol. The summed E-state index contributed by atoms with van der Waals surface area (Å²) in [5.74, 6) is -1.40. The lowest BCUT2D eigenvalue weighted by Crippen LogP contribution is -2.76. The maximum absolute atomic E-state index is 13.4. The molecule has 1 aromatic rings. The van der Waals surface area contributed by atoms with Gasteiger partial charge in [-0.25, -0.2) is 0 Å². The lowest BCUT2D eigenvalue weighted by atomic mass is 10.1. The quantitative estimate of drug-likeness (QED) is 0.586. The molecule has 0 spiro atoms. The number of rotatable bonds is 6. The van der Waals surface area contributed by atoms with Crippen LogP contribution in [0.3, 0.4) is 0 Å². The van der Waals surface area contributed by atoms with Crippen molar-refractivity contribution >= 4 is 5.91 Å². The lowest BCUT2D eigenvalue weighted by Gasteiger charge is -2.39. The Bertz CT molecular complexity index is 583. The first-order valence-corrected chi connectivity index (χ1v) is 7.90. The van der Waals surface area contributed by atoms with Crippen molar-refractivity contribution in [1.29, 1.82) is 0 Å². The van der Waals surface area contributed by atoms with E-state index < -0.39 is 43.0 Å². The van der Waals surface area contributed by atoms with Crippen molar-refractivity contribution in [3.63, 3.8) is 0 Å². The van der Waals surface area contributed by atoms with E-state index in [-0.39, 0.29) is 6.61 Å². The number of benzene rings is 1. The number of halogens is 6. The zero-order chi connectivity index (χ0) is 19.4. The zero-order valence-corrected chi connectivity index (χ0v) is 13.6. The van der Waals surface area contributed by atoms with Crippen LogP contribution in [0, 0.1) is 0 Å². The highest BCUT2D eigenvalue weighted by Gasteiger charge is 2.72. The Hall–Kier alpha value is -1.81. The van der Waals surface area contributed by atoms with Crippen LogP contribution in [0.1, 0.15) is 18.4 Å². The van der Waals surface area contributed by atoms with Gasteiger partial charge in [0.05, 0.1) is 12.5 Å². The molecule has 1 heterocycles. The fourth-order valence-electron chi connectivity index (χ4n) is 2.65. The number of carbonyl (C=O) groups is 1. The van der Waals surface area contributed by atoms with Crippen LogP contribution in [0.5, 0.6) is 0 Å². The molecule has 10 heteroatoms. The second-order valence-corrected chi connectivity index (χ2v) is 5.97. The fourth-order valence-corrected chi connectivity index (χ4v) is 2.65. The summed E-state index contributed by atoms with van der Waals surface area (Å²) in [6, 6.07) is 7.53. The molecular formula is C16H18F6N2O2. The van der Waals surface area contributed by atoms with Gasteiger partial charge in [0.2, 0.25) is 5.91 Å². The smallest absolute Gasteiger partial charge is 0.377 e. The summed E-state index contributed by atoms with van der Waals surface area (Å²) < 4.78 is 85.5. The van der Waals surface area contributed by atoms with Crippen molar-refractivity contribution in [3.8, 4) is 0 Å². The number of hydrogen-bond acceptors (Lipinski definition) is 3. The van der Waals surface area contributed by atoms with Gasteiger partial charge in [0.1, 0.15) is 0 Å². The monoisotopic (exact) mass is 384 g/mol. The van der Waals surface area contributed by atoms with Crippen molar-refractivity contribution in [2.45, 2.75) is 43.4 Å². The Labute approximate surface area is 145 Å². The summed E-state index contributed by atoms with van der Waals surface area (Å²) >= 11 is 0. The first-order valence-electron chi connectivity index (χ1n) is 7.90. The molecule has 0 saturated carbocycles. The molecule has 26 heavy (non-hydrogen) atoms. The van der Waals surface area contributed by atoms with Crippen molar-refractivity contribution in [2.75, 3.05) is 13.2 Å². The van der Waals surface area contributed by atoms with Gasteiger partial charge in [-0.3, -0.25) is 10.1 Å². The third-order valence-electron chi connectivity index (χ3n) is 4.00. The summed E-state index contributed by atoms with van der Waals surface area (Å²) in [6.07, 6.45) is -12.1. The van der Waals surface area contributed by atoms with Crippen LogP contribution in [-0.2, 0) is 16.0 Å². The zero-order valence-electron chi connectivity index (χ0n) is 13.6. The molecule has 1 aliphatic heterocycles. The third kappa shape index (κ3) is 4.67. The summed E-state index contributed by atoms with van der Waals surface area (Å²) in [4.78, 5) is 11.9. The second kappa shape index (κ2) is 7.83. The van der Waals surface area contributed by atoms with Gasteiger partial charge < -0.3 is 10.1 Å². The van der Waals surface area contributed by atoms with Gasteiger partial charge in [0, 0.05) is 13.2 Å². The van der Waals surface area contributed by atoms with Gasteiger partial charge in [-0.15, -0.1) is 0 Å². The van der Waals surface area contributed by atoms with Gasteiger partial charge in [-0.1, -0.05) is 30.3 Å². The Morgan fingerprint density at radius 2 is 1.69 bits per heavy atom. The second-order valence-electron chi connectivity index (χ2n) is 5.97. The van der Waals surface area contributed by atoms with Crippen LogP contribution in [0.4, 0.5) is 26.3 Å². The van der Waals surface area contributed by atoms with Gasteiger partial charge in [0.25, 0.3) is 5.66 Å². The maximum atomic E-state index is 13.4.